The number of phenolic OH excluding ortho intramolecular Hbond substituents is 1. The maximum Gasteiger partial charge on any atom is 1.00 e. The monoisotopic (exact) mass is 985 g/mol. The van der Waals surface area contributed by atoms with Crippen LogP contribution >= 0.6 is 0 Å². The van der Waals surface area contributed by atoms with E-state index < -0.39 is 65.4 Å². The standard InChI is InChI=1S/C21H20F3N5O5.C9H10N4O.C7H6F3NO.CH2O3.2K/c1-4-33-17(30)10-34-16-6-5-13(8-15(16)21(22,23)24)26-20(32)27-19(31)12-7-14-11(2)28-29(3)18(14)25-9-12;1-5-7-3-6(8(10)14)4-11-9(7)13(2)12-5;8-7(9,10)5-3-4(11)1-2-6(5)12;2-1-4-3;;/h5-9H,4,10H2,1-3H3,(H2,26,27,31,32);3-4H,1-2H3,(H2,10,14);1-3,12H,11H2;1,3H;;/q;;;;;+1/p-1. The zero-order valence-corrected chi connectivity index (χ0v) is 42.2. The minimum Gasteiger partial charge on any atom is -0.662 e. The number of aromatic hydroxyl groups is 1. The number of amides is 4. The summed E-state index contributed by atoms with van der Waals surface area (Å²) in [6.07, 6.45) is -6.68. The molecule has 2 aromatic carbocycles. The van der Waals surface area contributed by atoms with Crippen LogP contribution in [-0.4, -0.2) is 130 Å². The summed E-state index contributed by atoms with van der Waals surface area (Å²) < 4.78 is 89.1. The number of halogens is 6. The zero-order valence-electron chi connectivity index (χ0n) is 36.0. The Morgan fingerprint density at radius 2 is 1.36 bits per heavy atom. The molecule has 0 saturated carbocycles. The van der Waals surface area contributed by atoms with Gasteiger partial charge in [-0.15, -0.1) is 0 Å². The van der Waals surface area contributed by atoms with Crippen LogP contribution in [0.3, 0.4) is 0 Å². The Hall–Kier alpha value is -4.76. The van der Waals surface area contributed by atoms with E-state index in [-0.39, 0.29) is 133 Å². The predicted octanol–water partition coefficient (Wildman–Crippen LogP) is 0.626. The topological polar surface area (TPSA) is 294 Å². The SMILES string of the molecule is CCOC(=O)COc1ccc(NC(=O)NC(=O)c2cnc3c(c2)c(C)nn3C)cc1C(F)(F)F.Cc1nn(C)c2ncc(C(N)=O)cc12.Nc1ccc(O)c(C(F)(F)F)c1.O=CO[O-].[K+].[K]. The number of aromatic nitrogens is 6. The van der Waals surface area contributed by atoms with E-state index in [4.69, 9.17) is 31.4 Å². The fraction of sp³-hybridized carbons (Fsp3) is 0.237. The van der Waals surface area contributed by atoms with Crippen LogP contribution in [0.25, 0.3) is 22.1 Å². The fourth-order valence-corrected chi connectivity index (χ4v) is 5.29. The van der Waals surface area contributed by atoms with Gasteiger partial charge in [0.15, 0.2) is 17.9 Å². The average molecular weight is 986 g/mol. The number of nitrogen functional groups attached to an aromatic ring is 1. The number of fused-ring (bicyclic) bond motifs is 2. The molecule has 0 aliphatic heterocycles. The van der Waals surface area contributed by atoms with Gasteiger partial charge < -0.3 is 41.5 Å². The molecule has 66 heavy (non-hydrogen) atoms. The Kier molecular flexibility index (Phi) is 23.8. The van der Waals surface area contributed by atoms with Gasteiger partial charge in [-0.05, 0) is 69.3 Å². The number of ether oxygens (including phenoxy) is 2. The number of alkyl halides is 6. The second-order valence-electron chi connectivity index (χ2n) is 12.7. The average Bonchev–Trinajstić information content (AvgIpc) is 3.68. The van der Waals surface area contributed by atoms with Gasteiger partial charge in [-0.3, -0.25) is 29.1 Å². The van der Waals surface area contributed by atoms with Crippen molar-refractivity contribution in [3.63, 3.8) is 0 Å². The number of anilines is 2. The second-order valence-corrected chi connectivity index (χ2v) is 12.7. The number of phenols is 1. The van der Waals surface area contributed by atoms with E-state index in [2.05, 4.69) is 35.1 Å². The number of carbonyl (C=O) groups excluding carboxylic acids is 5. The quantitative estimate of drug-likeness (QED) is 0.0204. The van der Waals surface area contributed by atoms with Crippen molar-refractivity contribution in [3.05, 3.63) is 94.6 Å². The first-order chi connectivity index (χ1) is 29.9. The number of nitrogens with two attached hydrogens (primary N) is 2. The molecule has 0 aliphatic rings. The number of primary amides is 1. The van der Waals surface area contributed by atoms with Gasteiger partial charge in [-0.2, -0.15) is 36.5 Å². The molecule has 1 radical (unpaired) electrons. The molecule has 0 spiro atoms. The minimum absolute atomic E-state index is 0. The molecule has 0 unspecified atom stereocenters. The molecular weight excluding hydrogens is 949 g/mol. The number of aryl methyl sites for hydroxylation is 4. The number of hydrogen-bond acceptors (Lipinski definition) is 15. The second kappa shape index (κ2) is 26.5. The number of rotatable bonds is 8. The van der Waals surface area contributed by atoms with Gasteiger partial charge in [0.25, 0.3) is 12.4 Å². The van der Waals surface area contributed by atoms with Crippen LogP contribution < -0.4 is 83.5 Å². The number of imide groups is 1. The van der Waals surface area contributed by atoms with Gasteiger partial charge in [0, 0.05) is 100 Å². The van der Waals surface area contributed by atoms with Crippen molar-refractivity contribution in [2.45, 2.75) is 33.1 Å². The van der Waals surface area contributed by atoms with Crippen molar-refractivity contribution >= 4 is 115 Å². The maximum atomic E-state index is 13.4. The number of urea groups is 1. The van der Waals surface area contributed by atoms with E-state index in [1.807, 2.05) is 19.3 Å². The largest absolute Gasteiger partial charge is 1.00 e. The van der Waals surface area contributed by atoms with E-state index in [1.54, 1.807) is 31.6 Å². The van der Waals surface area contributed by atoms with Gasteiger partial charge in [-0.1, -0.05) is 0 Å². The van der Waals surface area contributed by atoms with Crippen molar-refractivity contribution in [1.29, 1.82) is 0 Å². The Morgan fingerprint density at radius 1 is 0.848 bits per heavy atom. The Balaban J connectivity index is 0.000000556. The van der Waals surface area contributed by atoms with E-state index >= 15 is 0 Å². The Labute approximate surface area is 454 Å². The maximum absolute atomic E-state index is 13.4. The van der Waals surface area contributed by atoms with Gasteiger partial charge in [0.2, 0.25) is 5.91 Å². The number of carbonyl (C=O) groups is 5. The molecule has 0 aliphatic carbocycles. The molecule has 0 atom stereocenters. The molecule has 28 heteroatoms. The van der Waals surface area contributed by atoms with Crippen LogP contribution in [0.4, 0.5) is 42.5 Å². The molecule has 4 amide bonds. The molecule has 4 heterocycles. The van der Waals surface area contributed by atoms with E-state index in [0.717, 1.165) is 34.9 Å². The first-order valence-electron chi connectivity index (χ1n) is 17.8. The number of pyridine rings is 2. The van der Waals surface area contributed by atoms with Crippen molar-refractivity contribution in [3.8, 4) is 11.5 Å². The van der Waals surface area contributed by atoms with Crippen molar-refractivity contribution in [2.75, 3.05) is 24.3 Å². The molecule has 6 aromatic rings. The summed E-state index contributed by atoms with van der Waals surface area (Å²) in [5.74, 6) is -3.53. The van der Waals surface area contributed by atoms with Gasteiger partial charge >= 0.3 is 75.7 Å². The summed E-state index contributed by atoms with van der Waals surface area (Å²) in [5, 5.41) is 31.3. The van der Waals surface area contributed by atoms with Crippen LogP contribution in [-0.2, 0) is 45.7 Å². The van der Waals surface area contributed by atoms with Gasteiger partial charge in [-0.25, -0.2) is 19.6 Å². The van der Waals surface area contributed by atoms with Gasteiger partial charge in [0.05, 0.1) is 40.2 Å². The molecule has 6 rings (SSSR count). The predicted molar refractivity (Wildman–Crippen MR) is 215 cm³/mol. The zero-order chi connectivity index (χ0) is 48.1. The van der Waals surface area contributed by atoms with Crippen molar-refractivity contribution in [1.82, 2.24) is 34.8 Å². The van der Waals surface area contributed by atoms with E-state index in [1.165, 1.54) is 29.2 Å². The Bertz CT molecular complexity index is 2660. The van der Waals surface area contributed by atoms with E-state index in [0.29, 0.717) is 34.4 Å². The molecule has 343 valence electrons. The normalized spacial score (nSPS) is 10.5. The first kappa shape index (κ1) is 59.3. The number of benzene rings is 2. The number of hydrogen-bond donors (Lipinski definition) is 5. The fourth-order valence-electron chi connectivity index (χ4n) is 5.29. The third-order valence-corrected chi connectivity index (χ3v) is 8.06. The summed E-state index contributed by atoms with van der Waals surface area (Å²) in [4.78, 5) is 66.4. The summed E-state index contributed by atoms with van der Waals surface area (Å²) in [5.41, 5.74) is 10.9. The van der Waals surface area contributed by atoms with Crippen LogP contribution in [0.2, 0.25) is 0 Å². The van der Waals surface area contributed by atoms with E-state index in [9.17, 15) is 45.5 Å². The van der Waals surface area contributed by atoms with Crippen LogP contribution in [0.5, 0.6) is 11.5 Å². The van der Waals surface area contributed by atoms with Crippen LogP contribution in [0.15, 0.2) is 60.9 Å². The molecule has 4 aromatic heterocycles. The molecule has 0 saturated heterocycles. The van der Waals surface area contributed by atoms with Crippen LogP contribution in [0.1, 0.15) is 50.2 Å². The molecular formula is C38H37F6K2N10O10. The van der Waals surface area contributed by atoms with Crippen LogP contribution in [0, 0.1) is 13.8 Å². The van der Waals surface area contributed by atoms with Gasteiger partial charge in [0.1, 0.15) is 11.5 Å². The first-order valence-corrected chi connectivity index (χ1v) is 17.8. The number of esters is 1. The third-order valence-electron chi connectivity index (χ3n) is 8.06. The molecule has 7 N–H and O–H groups in total. The summed E-state index contributed by atoms with van der Waals surface area (Å²) >= 11 is 0. The minimum atomic E-state index is -4.84. The summed E-state index contributed by atoms with van der Waals surface area (Å²) in [6.45, 7) is 4.31. The summed E-state index contributed by atoms with van der Waals surface area (Å²) in [7, 11) is 3.50. The molecule has 0 bridgehead atoms. The number of nitrogens with zero attached hydrogens (tertiary/aromatic N) is 6. The molecule has 20 nitrogen and oxygen atoms in total. The summed E-state index contributed by atoms with van der Waals surface area (Å²) in [6, 6.07) is 7.67. The van der Waals surface area contributed by atoms with Crippen molar-refractivity contribution < 1.29 is 126 Å². The Morgan fingerprint density at radius 3 is 1.83 bits per heavy atom. The smallest absolute Gasteiger partial charge is 0.662 e. The van der Waals surface area contributed by atoms with Crippen molar-refractivity contribution in [2.24, 2.45) is 19.8 Å². The molecule has 0 fully saturated rings. The number of nitrogens with one attached hydrogen (secondary N) is 2. The third kappa shape index (κ3) is 17.2.